The summed E-state index contributed by atoms with van der Waals surface area (Å²) in [7, 11) is 1.67. The molecule has 0 radical (unpaired) electrons. The van der Waals surface area contributed by atoms with Gasteiger partial charge in [0, 0.05) is 26.6 Å². The molecule has 0 rings (SSSR count). The lowest BCUT2D eigenvalue weighted by Gasteiger charge is -2.24. The fourth-order valence-electron chi connectivity index (χ4n) is 1.46. The number of amides is 1. The fourth-order valence-corrected chi connectivity index (χ4v) is 1.46. The molecule has 4 heteroatoms. The predicted molar refractivity (Wildman–Crippen MR) is 66.2 cm³/mol. The van der Waals surface area contributed by atoms with Gasteiger partial charge in [-0.25, -0.2) is 0 Å². The number of methoxy groups -OCH3 is 1. The second-order valence-electron chi connectivity index (χ2n) is 4.36. The van der Waals surface area contributed by atoms with E-state index in [1.165, 1.54) is 0 Å². The summed E-state index contributed by atoms with van der Waals surface area (Å²) in [4.78, 5) is 13.8. The largest absolute Gasteiger partial charge is 0.382 e. The average molecular weight is 230 g/mol. The first-order valence-electron chi connectivity index (χ1n) is 6.05. The molecule has 0 fully saturated rings. The van der Waals surface area contributed by atoms with Crippen LogP contribution in [0.25, 0.3) is 0 Å². The van der Waals surface area contributed by atoms with E-state index in [0.717, 1.165) is 19.5 Å². The maximum absolute atomic E-state index is 11.9. The van der Waals surface area contributed by atoms with Gasteiger partial charge < -0.3 is 15.4 Å². The van der Waals surface area contributed by atoms with Gasteiger partial charge in [-0.2, -0.15) is 0 Å². The molecule has 0 aromatic rings. The van der Waals surface area contributed by atoms with Crippen molar-refractivity contribution in [3.63, 3.8) is 0 Å². The topological polar surface area (TPSA) is 55.6 Å². The first-order valence-corrected chi connectivity index (χ1v) is 6.05. The van der Waals surface area contributed by atoms with E-state index in [1.807, 2.05) is 18.7 Å². The molecule has 0 aromatic heterocycles. The van der Waals surface area contributed by atoms with E-state index >= 15 is 0 Å². The molecule has 2 atom stereocenters. The highest BCUT2D eigenvalue weighted by molar-refractivity contribution is 5.76. The summed E-state index contributed by atoms with van der Waals surface area (Å²) >= 11 is 0. The second-order valence-corrected chi connectivity index (χ2v) is 4.36. The van der Waals surface area contributed by atoms with E-state index in [9.17, 15) is 4.79 Å². The molecule has 0 bridgehead atoms. The van der Waals surface area contributed by atoms with Crippen molar-refractivity contribution in [3.05, 3.63) is 0 Å². The number of carbonyl (C=O) groups is 1. The van der Waals surface area contributed by atoms with Gasteiger partial charge >= 0.3 is 0 Å². The van der Waals surface area contributed by atoms with E-state index in [0.29, 0.717) is 18.9 Å². The monoisotopic (exact) mass is 230 g/mol. The zero-order valence-electron chi connectivity index (χ0n) is 11.0. The molecular formula is C12H26N2O2. The lowest BCUT2D eigenvalue weighted by atomic mass is 10.1. The number of carbonyl (C=O) groups excluding carboxylic acids is 1. The van der Waals surface area contributed by atoms with Crippen molar-refractivity contribution in [3.8, 4) is 0 Å². The first kappa shape index (κ1) is 15.4. The Morgan fingerprint density at radius 1 is 1.44 bits per heavy atom. The van der Waals surface area contributed by atoms with Gasteiger partial charge in [0.15, 0.2) is 0 Å². The lowest BCUT2D eigenvalue weighted by molar-refractivity contribution is -0.132. The van der Waals surface area contributed by atoms with Crippen molar-refractivity contribution in [1.29, 1.82) is 0 Å². The summed E-state index contributed by atoms with van der Waals surface area (Å²) < 4.78 is 5.13. The van der Waals surface area contributed by atoms with Crippen molar-refractivity contribution < 1.29 is 9.53 Å². The van der Waals surface area contributed by atoms with Crippen molar-refractivity contribution in [1.82, 2.24) is 4.90 Å². The van der Waals surface area contributed by atoms with Crippen LogP contribution < -0.4 is 5.73 Å². The van der Waals surface area contributed by atoms with Crippen LogP contribution >= 0.6 is 0 Å². The highest BCUT2D eigenvalue weighted by atomic mass is 16.5. The highest BCUT2D eigenvalue weighted by Gasteiger charge is 2.15. The Bertz CT molecular complexity index is 197. The van der Waals surface area contributed by atoms with Crippen LogP contribution in [0.4, 0.5) is 0 Å². The number of nitrogens with two attached hydrogens (primary N) is 1. The van der Waals surface area contributed by atoms with E-state index in [4.69, 9.17) is 10.5 Å². The Morgan fingerprint density at radius 3 is 2.50 bits per heavy atom. The standard InChI is InChI=1S/C12H26N2O2/c1-5-14(9-10(2)8-13)12(15)7-6-11(3)16-4/h10-11H,5-9,13H2,1-4H3. The minimum atomic E-state index is 0.148. The summed E-state index contributed by atoms with van der Waals surface area (Å²) in [6.07, 6.45) is 1.48. The number of ether oxygens (including phenoxy) is 1. The lowest BCUT2D eigenvalue weighted by Crippen LogP contribution is -2.36. The molecule has 16 heavy (non-hydrogen) atoms. The molecule has 0 heterocycles. The quantitative estimate of drug-likeness (QED) is 0.682. The summed E-state index contributed by atoms with van der Waals surface area (Å²) in [5.74, 6) is 0.565. The minimum absolute atomic E-state index is 0.148. The van der Waals surface area contributed by atoms with Crippen LogP contribution in [-0.2, 0) is 9.53 Å². The van der Waals surface area contributed by atoms with Gasteiger partial charge in [-0.05, 0) is 32.7 Å². The molecule has 1 amide bonds. The third-order valence-corrected chi connectivity index (χ3v) is 2.84. The SMILES string of the molecule is CCN(CC(C)CN)C(=O)CCC(C)OC. The Kier molecular flexibility index (Phi) is 8.21. The Labute approximate surface area is 99.1 Å². The molecule has 0 saturated heterocycles. The molecule has 0 saturated carbocycles. The third kappa shape index (κ3) is 6.08. The van der Waals surface area contributed by atoms with Gasteiger partial charge in [0.1, 0.15) is 0 Å². The van der Waals surface area contributed by atoms with E-state index in [2.05, 4.69) is 6.92 Å². The van der Waals surface area contributed by atoms with Gasteiger partial charge in [-0.3, -0.25) is 4.79 Å². The zero-order valence-corrected chi connectivity index (χ0v) is 11.0. The molecule has 2 N–H and O–H groups in total. The van der Waals surface area contributed by atoms with Crippen molar-refractivity contribution in [2.75, 3.05) is 26.7 Å². The summed E-state index contributed by atoms with van der Waals surface area (Å²) in [5.41, 5.74) is 5.56. The van der Waals surface area contributed by atoms with Crippen molar-refractivity contribution in [2.45, 2.75) is 39.7 Å². The predicted octanol–water partition coefficient (Wildman–Crippen LogP) is 1.24. The first-order chi connectivity index (χ1) is 7.54. The van der Waals surface area contributed by atoms with Crippen LogP contribution in [0, 0.1) is 5.92 Å². The molecule has 4 nitrogen and oxygen atoms in total. The van der Waals surface area contributed by atoms with Crippen LogP contribution in [0.3, 0.4) is 0 Å². The molecule has 0 aliphatic rings. The van der Waals surface area contributed by atoms with Gasteiger partial charge in [0.05, 0.1) is 6.10 Å². The molecule has 0 aliphatic heterocycles. The maximum Gasteiger partial charge on any atom is 0.222 e. The molecule has 96 valence electrons. The number of hydrogen-bond acceptors (Lipinski definition) is 3. The summed E-state index contributed by atoms with van der Waals surface area (Å²) in [6, 6.07) is 0. The van der Waals surface area contributed by atoms with E-state index in [-0.39, 0.29) is 12.0 Å². The highest BCUT2D eigenvalue weighted by Crippen LogP contribution is 2.06. The molecule has 2 unspecified atom stereocenters. The molecular weight excluding hydrogens is 204 g/mol. The molecule has 0 aliphatic carbocycles. The molecule has 0 spiro atoms. The molecule has 0 aromatic carbocycles. The van der Waals surface area contributed by atoms with Crippen LogP contribution in [-0.4, -0.2) is 43.7 Å². The van der Waals surface area contributed by atoms with Crippen molar-refractivity contribution >= 4 is 5.91 Å². The minimum Gasteiger partial charge on any atom is -0.382 e. The van der Waals surface area contributed by atoms with E-state index < -0.39 is 0 Å². The summed E-state index contributed by atoms with van der Waals surface area (Å²) in [6.45, 7) is 8.18. The van der Waals surface area contributed by atoms with Gasteiger partial charge in [-0.1, -0.05) is 6.92 Å². The number of rotatable bonds is 8. The smallest absolute Gasteiger partial charge is 0.222 e. The van der Waals surface area contributed by atoms with Gasteiger partial charge in [0.2, 0.25) is 5.91 Å². The normalized spacial score (nSPS) is 14.6. The average Bonchev–Trinajstić information content (AvgIpc) is 2.31. The maximum atomic E-state index is 11.9. The Morgan fingerprint density at radius 2 is 2.06 bits per heavy atom. The van der Waals surface area contributed by atoms with Crippen LogP contribution in [0.15, 0.2) is 0 Å². The summed E-state index contributed by atoms with van der Waals surface area (Å²) in [5, 5.41) is 0. The zero-order chi connectivity index (χ0) is 12.6. The van der Waals surface area contributed by atoms with Gasteiger partial charge in [0.25, 0.3) is 0 Å². The Hall–Kier alpha value is -0.610. The Balaban J connectivity index is 4.00. The van der Waals surface area contributed by atoms with Crippen molar-refractivity contribution in [2.24, 2.45) is 11.7 Å². The third-order valence-electron chi connectivity index (χ3n) is 2.84. The van der Waals surface area contributed by atoms with Gasteiger partial charge in [-0.15, -0.1) is 0 Å². The number of nitrogens with zero attached hydrogens (tertiary/aromatic N) is 1. The van der Waals surface area contributed by atoms with Crippen LogP contribution in [0.1, 0.15) is 33.6 Å². The fraction of sp³-hybridized carbons (Fsp3) is 0.917. The number of hydrogen-bond donors (Lipinski definition) is 1. The second kappa shape index (κ2) is 8.53. The van der Waals surface area contributed by atoms with Crippen LogP contribution in [0.5, 0.6) is 0 Å². The van der Waals surface area contributed by atoms with Crippen LogP contribution in [0.2, 0.25) is 0 Å². The van der Waals surface area contributed by atoms with E-state index in [1.54, 1.807) is 7.11 Å².